The Kier molecular flexibility index (Phi) is 6.81. The molecule has 156 valence electrons. The minimum Gasteiger partial charge on any atom is -0.271 e. The SMILES string of the molecule is Cc1ccc(C(=O)NNC(=O)[C@H](C)NS(=O)(=O)c2c(C)c(C)cc(C)c2C)cc1. The predicted octanol–water partition coefficient (Wildman–Crippen LogP) is 2.36. The number of sulfonamides is 1. The van der Waals surface area contributed by atoms with Gasteiger partial charge in [-0.2, -0.15) is 4.72 Å². The molecule has 0 bridgehead atoms. The number of carbonyl (C=O) groups excluding carboxylic acids is 2. The first-order valence-corrected chi connectivity index (χ1v) is 10.7. The first-order valence-electron chi connectivity index (χ1n) is 9.20. The van der Waals surface area contributed by atoms with E-state index in [2.05, 4.69) is 15.6 Å². The van der Waals surface area contributed by atoms with E-state index in [4.69, 9.17) is 0 Å². The second-order valence-corrected chi connectivity index (χ2v) is 8.89. The van der Waals surface area contributed by atoms with Crippen molar-refractivity contribution in [1.29, 1.82) is 0 Å². The number of aryl methyl sites for hydroxylation is 3. The van der Waals surface area contributed by atoms with Crippen LogP contribution >= 0.6 is 0 Å². The van der Waals surface area contributed by atoms with Gasteiger partial charge in [-0.1, -0.05) is 23.8 Å². The molecule has 0 heterocycles. The van der Waals surface area contributed by atoms with Gasteiger partial charge in [0.1, 0.15) is 0 Å². The number of rotatable bonds is 5. The summed E-state index contributed by atoms with van der Waals surface area (Å²) in [6.07, 6.45) is 0. The van der Waals surface area contributed by atoms with Gasteiger partial charge in [0, 0.05) is 5.56 Å². The van der Waals surface area contributed by atoms with Crippen LogP contribution in [0.15, 0.2) is 35.2 Å². The molecule has 0 saturated carbocycles. The quantitative estimate of drug-likeness (QED) is 0.650. The fourth-order valence-corrected chi connectivity index (χ4v) is 4.75. The summed E-state index contributed by atoms with van der Waals surface area (Å²) < 4.78 is 28.2. The van der Waals surface area contributed by atoms with Crippen molar-refractivity contribution in [2.75, 3.05) is 0 Å². The molecule has 0 aliphatic rings. The monoisotopic (exact) mass is 417 g/mol. The Morgan fingerprint density at radius 3 is 1.90 bits per heavy atom. The average Bonchev–Trinajstić information content (AvgIpc) is 2.64. The van der Waals surface area contributed by atoms with Crippen LogP contribution in [0.5, 0.6) is 0 Å². The maximum absolute atomic E-state index is 12.9. The lowest BCUT2D eigenvalue weighted by Gasteiger charge is -2.19. The predicted molar refractivity (Wildman–Crippen MR) is 112 cm³/mol. The molecular formula is C21H27N3O4S. The van der Waals surface area contributed by atoms with Crippen LogP contribution in [0.4, 0.5) is 0 Å². The van der Waals surface area contributed by atoms with E-state index in [0.29, 0.717) is 16.7 Å². The Morgan fingerprint density at radius 1 is 0.862 bits per heavy atom. The van der Waals surface area contributed by atoms with Crippen LogP contribution in [-0.2, 0) is 14.8 Å². The third-order valence-corrected chi connectivity index (χ3v) is 6.72. The summed E-state index contributed by atoms with van der Waals surface area (Å²) in [5.41, 5.74) is 8.93. The molecule has 0 aliphatic heterocycles. The highest BCUT2D eigenvalue weighted by molar-refractivity contribution is 7.89. The lowest BCUT2D eigenvalue weighted by atomic mass is 10.0. The van der Waals surface area contributed by atoms with Crippen molar-refractivity contribution in [1.82, 2.24) is 15.6 Å². The molecule has 7 nitrogen and oxygen atoms in total. The van der Waals surface area contributed by atoms with Crippen molar-refractivity contribution < 1.29 is 18.0 Å². The van der Waals surface area contributed by atoms with Crippen molar-refractivity contribution in [3.8, 4) is 0 Å². The highest BCUT2D eigenvalue weighted by Gasteiger charge is 2.26. The van der Waals surface area contributed by atoms with Crippen molar-refractivity contribution >= 4 is 21.8 Å². The third kappa shape index (κ3) is 5.21. The van der Waals surface area contributed by atoms with Gasteiger partial charge in [0.05, 0.1) is 10.9 Å². The van der Waals surface area contributed by atoms with Crippen LogP contribution in [0.1, 0.15) is 45.1 Å². The highest BCUT2D eigenvalue weighted by atomic mass is 32.2. The number of hydrazine groups is 1. The first-order chi connectivity index (χ1) is 13.4. The maximum Gasteiger partial charge on any atom is 0.269 e. The van der Waals surface area contributed by atoms with E-state index in [1.54, 1.807) is 38.1 Å². The molecule has 0 saturated heterocycles. The van der Waals surface area contributed by atoms with Crippen LogP contribution in [0, 0.1) is 34.6 Å². The minimum absolute atomic E-state index is 0.179. The number of hydrogen-bond donors (Lipinski definition) is 3. The van der Waals surface area contributed by atoms with Gasteiger partial charge in [-0.3, -0.25) is 20.4 Å². The van der Waals surface area contributed by atoms with Gasteiger partial charge in [-0.05, 0) is 75.9 Å². The molecule has 1 atom stereocenters. The molecule has 0 fully saturated rings. The van der Waals surface area contributed by atoms with Gasteiger partial charge in [0.25, 0.3) is 11.8 Å². The van der Waals surface area contributed by atoms with Crippen LogP contribution in [0.3, 0.4) is 0 Å². The largest absolute Gasteiger partial charge is 0.271 e. The average molecular weight is 418 g/mol. The van der Waals surface area contributed by atoms with Gasteiger partial charge in [-0.25, -0.2) is 8.42 Å². The molecule has 29 heavy (non-hydrogen) atoms. The van der Waals surface area contributed by atoms with Gasteiger partial charge in [-0.15, -0.1) is 0 Å². The first kappa shape index (κ1) is 22.6. The molecule has 2 aromatic carbocycles. The molecule has 2 amide bonds. The van der Waals surface area contributed by atoms with Crippen molar-refractivity contribution in [3.05, 3.63) is 63.7 Å². The van der Waals surface area contributed by atoms with E-state index >= 15 is 0 Å². The fraction of sp³-hybridized carbons (Fsp3) is 0.333. The lowest BCUT2D eigenvalue weighted by molar-refractivity contribution is -0.123. The van der Waals surface area contributed by atoms with Gasteiger partial charge >= 0.3 is 0 Å². The Balaban J connectivity index is 2.09. The zero-order chi connectivity index (χ0) is 21.9. The van der Waals surface area contributed by atoms with E-state index in [1.165, 1.54) is 6.92 Å². The molecular weight excluding hydrogens is 390 g/mol. The highest BCUT2D eigenvalue weighted by Crippen LogP contribution is 2.26. The molecule has 8 heteroatoms. The second-order valence-electron chi connectivity index (χ2n) is 7.24. The maximum atomic E-state index is 12.9. The Labute approximate surface area is 171 Å². The zero-order valence-electron chi connectivity index (χ0n) is 17.5. The van der Waals surface area contributed by atoms with E-state index in [1.807, 2.05) is 26.8 Å². The molecule has 0 radical (unpaired) electrons. The fourth-order valence-electron chi connectivity index (χ4n) is 2.93. The minimum atomic E-state index is -3.93. The van der Waals surface area contributed by atoms with Crippen molar-refractivity contribution in [2.45, 2.75) is 52.5 Å². The van der Waals surface area contributed by atoms with Gasteiger partial charge in [0.15, 0.2) is 0 Å². The number of amides is 2. The number of benzene rings is 2. The summed E-state index contributed by atoms with van der Waals surface area (Å²) in [6, 6.07) is 7.67. The Hall–Kier alpha value is -2.71. The van der Waals surface area contributed by atoms with Crippen LogP contribution in [-0.4, -0.2) is 26.3 Å². The normalized spacial score (nSPS) is 12.3. The molecule has 3 N–H and O–H groups in total. The van der Waals surface area contributed by atoms with Gasteiger partial charge < -0.3 is 0 Å². The second kappa shape index (κ2) is 8.75. The lowest BCUT2D eigenvalue weighted by Crippen LogP contribution is -2.51. The number of hydrogen-bond acceptors (Lipinski definition) is 4. The molecule has 0 aliphatic carbocycles. The number of carbonyl (C=O) groups is 2. The standard InChI is InChI=1S/C21H27N3O4S/c1-12-7-9-18(10-8-12)21(26)23-22-20(25)17(6)24-29(27,28)19-15(4)13(2)11-14(3)16(19)5/h7-11,17,24H,1-6H3,(H,22,25)(H,23,26)/t17-/m0/s1. The van der Waals surface area contributed by atoms with E-state index in [-0.39, 0.29) is 4.90 Å². The Morgan fingerprint density at radius 2 is 1.38 bits per heavy atom. The summed E-state index contributed by atoms with van der Waals surface area (Å²) in [6.45, 7) is 10.5. The van der Waals surface area contributed by atoms with Crippen LogP contribution < -0.4 is 15.6 Å². The zero-order valence-corrected chi connectivity index (χ0v) is 18.3. The molecule has 2 rings (SSSR count). The van der Waals surface area contributed by atoms with Gasteiger partial charge in [0.2, 0.25) is 10.0 Å². The smallest absolute Gasteiger partial charge is 0.269 e. The summed E-state index contributed by atoms with van der Waals surface area (Å²) >= 11 is 0. The topological polar surface area (TPSA) is 104 Å². The van der Waals surface area contributed by atoms with E-state index in [9.17, 15) is 18.0 Å². The summed E-state index contributed by atoms with van der Waals surface area (Å²) in [4.78, 5) is 24.6. The summed E-state index contributed by atoms with van der Waals surface area (Å²) in [7, 11) is -3.93. The third-order valence-electron chi connectivity index (χ3n) is 4.90. The Bertz CT molecular complexity index is 1020. The summed E-state index contributed by atoms with van der Waals surface area (Å²) in [5, 5.41) is 0. The summed E-state index contributed by atoms with van der Waals surface area (Å²) in [5.74, 6) is -1.16. The molecule has 0 unspecified atom stereocenters. The van der Waals surface area contributed by atoms with E-state index < -0.39 is 27.9 Å². The van der Waals surface area contributed by atoms with E-state index in [0.717, 1.165) is 16.7 Å². The molecule has 0 aromatic heterocycles. The molecule has 2 aromatic rings. The van der Waals surface area contributed by atoms with Crippen molar-refractivity contribution in [2.24, 2.45) is 0 Å². The van der Waals surface area contributed by atoms with Crippen LogP contribution in [0.2, 0.25) is 0 Å². The van der Waals surface area contributed by atoms with Crippen molar-refractivity contribution in [3.63, 3.8) is 0 Å². The van der Waals surface area contributed by atoms with Crippen LogP contribution in [0.25, 0.3) is 0 Å². The number of nitrogens with one attached hydrogen (secondary N) is 3. The molecule has 0 spiro atoms.